The molecule has 3 heteroatoms. The molecule has 0 radical (unpaired) electrons. The summed E-state index contributed by atoms with van der Waals surface area (Å²) in [6.45, 7) is 2.02. The molecule has 0 aromatic carbocycles. The Morgan fingerprint density at radius 2 is 1.94 bits per heavy atom. The van der Waals surface area contributed by atoms with Gasteiger partial charge in [0.2, 0.25) is 0 Å². The Labute approximate surface area is 117 Å². The van der Waals surface area contributed by atoms with Crippen LogP contribution in [-0.4, -0.2) is 0 Å². The van der Waals surface area contributed by atoms with Gasteiger partial charge in [0.25, 0.3) is 0 Å². The summed E-state index contributed by atoms with van der Waals surface area (Å²) < 4.78 is 0. The van der Waals surface area contributed by atoms with Gasteiger partial charge in [-0.25, -0.2) is 0 Å². The van der Waals surface area contributed by atoms with Crippen LogP contribution >= 0.6 is 22.7 Å². The Hall–Kier alpha value is -0.640. The molecule has 1 aliphatic rings. The van der Waals surface area contributed by atoms with E-state index >= 15 is 0 Å². The molecular formula is C15H19NS2. The Kier molecular flexibility index (Phi) is 4.13. The van der Waals surface area contributed by atoms with Gasteiger partial charge in [-0.15, -0.1) is 22.7 Å². The van der Waals surface area contributed by atoms with Gasteiger partial charge in [0, 0.05) is 27.7 Å². The zero-order chi connectivity index (χ0) is 12.2. The zero-order valence-corrected chi connectivity index (χ0v) is 12.2. The molecule has 0 bridgehead atoms. The molecule has 1 nitrogen and oxygen atoms in total. The Morgan fingerprint density at radius 3 is 2.83 bits per heavy atom. The first-order chi connectivity index (χ1) is 8.92. The van der Waals surface area contributed by atoms with Crippen molar-refractivity contribution in [1.82, 2.24) is 5.32 Å². The van der Waals surface area contributed by atoms with Crippen molar-refractivity contribution in [2.75, 3.05) is 0 Å². The summed E-state index contributed by atoms with van der Waals surface area (Å²) in [5.41, 5.74) is 1.63. The van der Waals surface area contributed by atoms with Crippen molar-refractivity contribution in [1.29, 1.82) is 0 Å². The highest BCUT2D eigenvalue weighted by Gasteiger charge is 2.11. The highest BCUT2D eigenvalue weighted by molar-refractivity contribution is 7.12. The van der Waals surface area contributed by atoms with E-state index in [1.165, 1.54) is 41.9 Å². The van der Waals surface area contributed by atoms with Crippen LogP contribution in [0.1, 0.15) is 39.5 Å². The van der Waals surface area contributed by atoms with Crippen LogP contribution in [0.5, 0.6) is 0 Å². The van der Waals surface area contributed by atoms with Gasteiger partial charge >= 0.3 is 0 Å². The smallest absolute Gasteiger partial charge is 0.0303 e. The number of fused-ring (bicyclic) bond motifs is 1. The molecule has 2 heterocycles. The van der Waals surface area contributed by atoms with Gasteiger partial charge < -0.3 is 5.32 Å². The van der Waals surface area contributed by atoms with Gasteiger partial charge in [0.15, 0.2) is 0 Å². The van der Waals surface area contributed by atoms with Crippen molar-refractivity contribution in [3.63, 3.8) is 0 Å². The minimum absolute atomic E-state index is 1.00. The molecule has 0 unspecified atom stereocenters. The van der Waals surface area contributed by atoms with Crippen LogP contribution in [0.2, 0.25) is 0 Å². The fourth-order valence-electron chi connectivity index (χ4n) is 2.54. The second-order valence-corrected chi connectivity index (χ2v) is 7.16. The maximum atomic E-state index is 3.55. The second kappa shape index (κ2) is 6.00. The van der Waals surface area contributed by atoms with Crippen LogP contribution in [-0.2, 0) is 25.9 Å². The first-order valence-corrected chi connectivity index (χ1v) is 8.45. The monoisotopic (exact) mass is 277 g/mol. The molecule has 18 heavy (non-hydrogen) atoms. The summed E-state index contributed by atoms with van der Waals surface area (Å²) >= 11 is 3.86. The lowest BCUT2D eigenvalue weighted by Crippen LogP contribution is -2.10. The summed E-state index contributed by atoms with van der Waals surface area (Å²) in [6, 6.07) is 6.75. The van der Waals surface area contributed by atoms with Gasteiger partial charge in [-0.2, -0.15) is 0 Å². The quantitative estimate of drug-likeness (QED) is 0.818. The molecule has 96 valence electrons. The number of thiophene rings is 2. The van der Waals surface area contributed by atoms with Crippen LogP contribution in [0.15, 0.2) is 23.6 Å². The van der Waals surface area contributed by atoms with Crippen LogP contribution in [0.25, 0.3) is 0 Å². The predicted octanol–water partition coefficient (Wildman–Crippen LogP) is 4.37. The van der Waals surface area contributed by atoms with Gasteiger partial charge in [-0.05, 0) is 48.8 Å². The molecule has 3 rings (SSSR count). The standard InChI is InChI=1S/C15H19NS2/c1-2-5-12-9-14(18-15(12)7-3-1)11-16-10-13-6-4-8-17-13/h4,6,8-9,16H,1-3,5,7,10-11H2. The predicted molar refractivity (Wildman–Crippen MR) is 80.4 cm³/mol. The minimum Gasteiger partial charge on any atom is -0.307 e. The van der Waals surface area contributed by atoms with Gasteiger partial charge in [0.05, 0.1) is 0 Å². The van der Waals surface area contributed by atoms with E-state index in [2.05, 4.69) is 28.9 Å². The number of nitrogens with one attached hydrogen (secondary N) is 1. The normalized spacial score (nSPS) is 15.3. The summed E-state index contributed by atoms with van der Waals surface area (Å²) in [5.74, 6) is 0. The van der Waals surface area contributed by atoms with Gasteiger partial charge in [-0.3, -0.25) is 0 Å². The largest absolute Gasteiger partial charge is 0.307 e. The van der Waals surface area contributed by atoms with E-state index in [4.69, 9.17) is 0 Å². The average Bonchev–Trinajstić information content (AvgIpc) is 2.96. The van der Waals surface area contributed by atoms with Crippen molar-refractivity contribution in [3.05, 3.63) is 43.8 Å². The number of rotatable bonds is 4. The minimum atomic E-state index is 1.00. The molecule has 2 aromatic rings. The summed E-state index contributed by atoms with van der Waals surface area (Å²) in [6.07, 6.45) is 6.79. The number of aryl methyl sites for hydroxylation is 2. The SMILES string of the molecule is c1csc(CNCc2cc3c(s2)CCCCC3)c1. The molecule has 2 aromatic heterocycles. The van der Waals surface area contributed by atoms with Gasteiger partial charge in [0.1, 0.15) is 0 Å². The van der Waals surface area contributed by atoms with E-state index in [-0.39, 0.29) is 0 Å². The number of hydrogen-bond donors (Lipinski definition) is 1. The molecule has 0 saturated carbocycles. The second-order valence-electron chi connectivity index (χ2n) is 4.90. The molecule has 0 amide bonds. The van der Waals surface area contributed by atoms with E-state index in [1.54, 1.807) is 10.4 Å². The van der Waals surface area contributed by atoms with Crippen LogP contribution in [0, 0.1) is 0 Å². The van der Waals surface area contributed by atoms with E-state index < -0.39 is 0 Å². The van der Waals surface area contributed by atoms with Crippen molar-refractivity contribution in [3.8, 4) is 0 Å². The first kappa shape index (κ1) is 12.4. The topological polar surface area (TPSA) is 12.0 Å². The highest BCUT2D eigenvalue weighted by atomic mass is 32.1. The maximum absolute atomic E-state index is 3.55. The molecule has 1 aliphatic carbocycles. The lowest BCUT2D eigenvalue weighted by atomic mass is 10.1. The van der Waals surface area contributed by atoms with Crippen LogP contribution in [0.3, 0.4) is 0 Å². The fourth-order valence-corrected chi connectivity index (χ4v) is 4.44. The fraction of sp³-hybridized carbons (Fsp3) is 0.467. The first-order valence-electron chi connectivity index (χ1n) is 6.75. The van der Waals surface area contributed by atoms with Crippen molar-refractivity contribution in [2.24, 2.45) is 0 Å². The molecule has 0 aliphatic heterocycles. The van der Waals surface area contributed by atoms with Crippen LogP contribution < -0.4 is 5.32 Å². The van der Waals surface area contributed by atoms with E-state index in [1.807, 2.05) is 22.7 Å². The summed E-state index contributed by atoms with van der Waals surface area (Å²) in [5, 5.41) is 5.69. The maximum Gasteiger partial charge on any atom is 0.0303 e. The van der Waals surface area contributed by atoms with E-state index in [9.17, 15) is 0 Å². The molecule has 0 fully saturated rings. The third-order valence-corrected chi connectivity index (χ3v) is 5.59. The molecule has 0 saturated heterocycles. The molecular weight excluding hydrogens is 258 g/mol. The van der Waals surface area contributed by atoms with E-state index in [0.29, 0.717) is 0 Å². The Bertz CT molecular complexity index is 461. The van der Waals surface area contributed by atoms with Crippen molar-refractivity contribution >= 4 is 22.7 Å². The number of hydrogen-bond acceptors (Lipinski definition) is 3. The van der Waals surface area contributed by atoms with Crippen molar-refractivity contribution in [2.45, 2.75) is 45.2 Å². The van der Waals surface area contributed by atoms with Crippen LogP contribution in [0.4, 0.5) is 0 Å². The average molecular weight is 277 g/mol. The molecule has 0 atom stereocenters. The third kappa shape index (κ3) is 3.02. The van der Waals surface area contributed by atoms with Crippen molar-refractivity contribution < 1.29 is 0 Å². The molecule has 1 N–H and O–H groups in total. The highest BCUT2D eigenvalue weighted by Crippen LogP contribution is 2.28. The molecule has 0 spiro atoms. The van der Waals surface area contributed by atoms with E-state index in [0.717, 1.165) is 13.1 Å². The Balaban J connectivity index is 1.56. The summed E-state index contributed by atoms with van der Waals surface area (Å²) in [7, 11) is 0. The zero-order valence-electron chi connectivity index (χ0n) is 10.6. The van der Waals surface area contributed by atoms with Gasteiger partial charge in [-0.1, -0.05) is 12.5 Å². The third-order valence-electron chi connectivity index (χ3n) is 3.48. The lowest BCUT2D eigenvalue weighted by molar-refractivity contribution is 0.703. The Morgan fingerprint density at radius 1 is 1.06 bits per heavy atom. The lowest BCUT2D eigenvalue weighted by Gasteiger charge is -2.00. The summed E-state index contributed by atoms with van der Waals surface area (Å²) in [4.78, 5) is 4.59.